The van der Waals surface area contributed by atoms with Crippen LogP contribution in [0, 0.1) is 0 Å². The number of fused-ring (bicyclic) bond motifs is 1. The van der Waals surface area contributed by atoms with Crippen LogP contribution in [0.4, 0.5) is 22.7 Å². The number of anilines is 4. The number of para-hydroxylation sites is 2. The van der Waals surface area contributed by atoms with Crippen LogP contribution in [0.5, 0.6) is 11.5 Å². The Morgan fingerprint density at radius 2 is 1.06 bits per heavy atom. The molecule has 356 valence electrons. The van der Waals surface area contributed by atoms with Gasteiger partial charge in [0.25, 0.3) is 0 Å². The third kappa shape index (κ3) is 8.10. The van der Waals surface area contributed by atoms with Gasteiger partial charge in [0.05, 0.1) is 28.1 Å². The predicted octanol–water partition coefficient (Wildman–Crippen LogP) is 16.3. The van der Waals surface area contributed by atoms with E-state index in [2.05, 4.69) is 256 Å². The molecule has 0 saturated heterocycles. The van der Waals surface area contributed by atoms with Gasteiger partial charge >= 0.3 is 0 Å². The van der Waals surface area contributed by atoms with E-state index in [1.807, 2.05) is 6.20 Å². The lowest BCUT2D eigenvalue weighted by Gasteiger charge is -2.31. The second kappa shape index (κ2) is 16.5. The predicted molar refractivity (Wildman–Crippen MR) is 304 cm³/mol. The molecular weight excluding hydrogens is 864 g/mol. The molecule has 0 saturated carbocycles. The Labute approximate surface area is 422 Å². The van der Waals surface area contributed by atoms with Crippen molar-refractivity contribution in [2.75, 3.05) is 16.5 Å². The fourth-order valence-corrected chi connectivity index (χ4v) is 10.9. The molecule has 0 fully saturated rings. The van der Waals surface area contributed by atoms with E-state index >= 15 is 0 Å². The van der Waals surface area contributed by atoms with Crippen molar-refractivity contribution in [3.05, 3.63) is 180 Å². The molecule has 7 aromatic carbocycles. The van der Waals surface area contributed by atoms with Crippen LogP contribution in [0.2, 0.25) is 6.82 Å². The first-order chi connectivity index (χ1) is 33.6. The summed E-state index contributed by atoms with van der Waals surface area (Å²) in [6.45, 7) is 31.0. The van der Waals surface area contributed by atoms with Gasteiger partial charge < -0.3 is 14.5 Å². The zero-order valence-electron chi connectivity index (χ0n) is 44.0. The van der Waals surface area contributed by atoms with Crippen molar-refractivity contribution in [3.8, 4) is 39.6 Å². The SMILES string of the molecule is CB1c2cccc3c2c2c1cc(Oc1cccc(N4CN(c5c(-c6ccccc6)cc(C(C)(C)C)cc5-c5cc(C(C)(C)C)cc(C(C)(C)C)c5)c5ccccc54)c1)cc2n3-c1cc(C(C)(C)C)ccn1. The van der Waals surface area contributed by atoms with Gasteiger partial charge in [0.1, 0.15) is 24.0 Å². The molecule has 0 N–H and O–H groups in total. The molecule has 2 aliphatic heterocycles. The van der Waals surface area contributed by atoms with Gasteiger partial charge in [0.2, 0.25) is 6.71 Å². The maximum Gasteiger partial charge on any atom is 0.208 e. The Balaban J connectivity index is 1.04. The minimum absolute atomic E-state index is 0.0118. The normalized spacial score (nSPS) is 13.8. The van der Waals surface area contributed by atoms with E-state index < -0.39 is 0 Å². The highest BCUT2D eigenvalue weighted by atomic mass is 16.5. The van der Waals surface area contributed by atoms with Crippen molar-refractivity contribution >= 4 is 62.2 Å². The Hall–Kier alpha value is -7.05. The Morgan fingerprint density at radius 3 is 1.72 bits per heavy atom. The second-order valence-electron chi connectivity index (χ2n) is 24.3. The van der Waals surface area contributed by atoms with Gasteiger partial charge in [-0.25, -0.2) is 4.98 Å². The van der Waals surface area contributed by atoms with Crippen molar-refractivity contribution in [2.24, 2.45) is 0 Å². The summed E-state index contributed by atoms with van der Waals surface area (Å²) < 4.78 is 9.37. The van der Waals surface area contributed by atoms with Crippen LogP contribution in [-0.2, 0) is 21.7 Å². The molecule has 5 nitrogen and oxygen atoms in total. The number of hydrogen-bond donors (Lipinski definition) is 0. The molecule has 2 aromatic heterocycles. The maximum absolute atomic E-state index is 7.03. The number of hydrogen-bond acceptors (Lipinski definition) is 4. The minimum atomic E-state index is -0.0881. The van der Waals surface area contributed by atoms with Gasteiger partial charge in [-0.2, -0.15) is 0 Å². The molecule has 0 atom stereocenters. The van der Waals surface area contributed by atoms with Crippen LogP contribution in [-0.4, -0.2) is 22.9 Å². The van der Waals surface area contributed by atoms with E-state index in [0.29, 0.717) is 6.67 Å². The summed E-state index contributed by atoms with van der Waals surface area (Å²) in [5, 5.41) is 2.62. The van der Waals surface area contributed by atoms with Gasteiger partial charge in [0.15, 0.2) is 0 Å². The maximum atomic E-state index is 7.03. The molecule has 4 heterocycles. The van der Waals surface area contributed by atoms with Gasteiger partial charge in [-0.15, -0.1) is 0 Å². The van der Waals surface area contributed by atoms with E-state index in [9.17, 15) is 0 Å². The van der Waals surface area contributed by atoms with Crippen LogP contribution in [0.3, 0.4) is 0 Å². The van der Waals surface area contributed by atoms with E-state index in [-0.39, 0.29) is 28.4 Å². The molecule has 71 heavy (non-hydrogen) atoms. The summed E-state index contributed by atoms with van der Waals surface area (Å²) in [7, 11) is 0. The summed E-state index contributed by atoms with van der Waals surface area (Å²) >= 11 is 0. The number of nitrogens with zero attached hydrogens (tertiary/aromatic N) is 4. The number of benzene rings is 7. The van der Waals surface area contributed by atoms with E-state index in [4.69, 9.17) is 9.72 Å². The van der Waals surface area contributed by atoms with Gasteiger partial charge in [-0.05, 0) is 116 Å². The molecule has 0 aliphatic carbocycles. The Bertz CT molecular complexity index is 3530. The molecule has 0 radical (unpaired) electrons. The van der Waals surface area contributed by atoms with Gasteiger partial charge in [0, 0.05) is 45.9 Å². The lowest BCUT2D eigenvalue weighted by Crippen LogP contribution is -2.35. The average Bonchev–Trinajstić information content (AvgIpc) is 3.98. The van der Waals surface area contributed by atoms with E-state index in [1.54, 1.807) is 0 Å². The summed E-state index contributed by atoms with van der Waals surface area (Å²) in [5.74, 6) is 2.53. The van der Waals surface area contributed by atoms with Crippen molar-refractivity contribution in [1.82, 2.24) is 9.55 Å². The molecule has 0 spiro atoms. The zero-order chi connectivity index (χ0) is 49.9. The van der Waals surface area contributed by atoms with Crippen LogP contribution >= 0.6 is 0 Å². The molecular formula is C65H67BN4O. The third-order valence-corrected chi connectivity index (χ3v) is 15.1. The first kappa shape index (κ1) is 46.3. The smallest absolute Gasteiger partial charge is 0.208 e. The fraction of sp³-hybridized carbons (Fsp3) is 0.277. The average molecular weight is 931 g/mol. The molecule has 0 bridgehead atoms. The van der Waals surface area contributed by atoms with Crippen LogP contribution in [0.15, 0.2) is 158 Å². The zero-order valence-corrected chi connectivity index (χ0v) is 44.0. The first-order valence-corrected chi connectivity index (χ1v) is 25.5. The van der Waals surface area contributed by atoms with E-state index in [1.165, 1.54) is 83.1 Å². The highest BCUT2D eigenvalue weighted by Crippen LogP contribution is 2.52. The van der Waals surface area contributed by atoms with Crippen molar-refractivity contribution in [2.45, 2.75) is 112 Å². The molecule has 11 rings (SSSR count). The summed E-state index contributed by atoms with van der Waals surface area (Å²) in [6.07, 6.45) is 1.95. The topological polar surface area (TPSA) is 33.5 Å². The molecule has 0 unspecified atom stereocenters. The number of ether oxygens (including phenoxy) is 1. The van der Waals surface area contributed by atoms with Gasteiger partial charge in [-0.3, -0.25) is 4.57 Å². The summed E-state index contributed by atoms with van der Waals surface area (Å²) in [6, 6.07) is 56.4. The van der Waals surface area contributed by atoms with Crippen LogP contribution < -0.4 is 25.5 Å². The minimum Gasteiger partial charge on any atom is -0.457 e. The van der Waals surface area contributed by atoms with Gasteiger partial charge in [-0.1, -0.05) is 180 Å². The monoisotopic (exact) mass is 931 g/mol. The largest absolute Gasteiger partial charge is 0.457 e. The first-order valence-electron chi connectivity index (χ1n) is 25.5. The standard InChI is InChI=1S/C65H67BN4O/c1-62(2,3)43-29-30-67-58(36-43)70-56-28-20-25-52-59(56)60-53(66(52)13)38-49(39-57(60)70)71-48-24-19-23-47(37-48)68-40-69(55-27-18-17-26-54(55)68)61-50(41-21-15-14-16-22-41)34-46(65(10,11)12)35-51(61)42-31-44(63(4,5)6)33-45(32-42)64(7,8)9/h14-39H,40H2,1-13H3. The van der Waals surface area contributed by atoms with Crippen molar-refractivity contribution in [3.63, 3.8) is 0 Å². The molecule has 6 heteroatoms. The highest BCUT2D eigenvalue weighted by molar-refractivity contribution is 6.91. The highest BCUT2D eigenvalue weighted by Gasteiger charge is 2.35. The summed E-state index contributed by atoms with van der Waals surface area (Å²) in [5.41, 5.74) is 19.5. The number of rotatable bonds is 7. The Morgan fingerprint density at radius 1 is 0.465 bits per heavy atom. The third-order valence-electron chi connectivity index (χ3n) is 15.1. The number of aromatic nitrogens is 2. The number of pyridine rings is 1. The fourth-order valence-electron chi connectivity index (χ4n) is 10.9. The lowest BCUT2D eigenvalue weighted by molar-refractivity contribution is 0.484. The Kier molecular flexibility index (Phi) is 10.8. The summed E-state index contributed by atoms with van der Waals surface area (Å²) in [4.78, 5) is 9.98. The van der Waals surface area contributed by atoms with Crippen molar-refractivity contribution in [1.29, 1.82) is 0 Å². The van der Waals surface area contributed by atoms with Crippen LogP contribution in [0.1, 0.15) is 105 Å². The van der Waals surface area contributed by atoms with Crippen LogP contribution in [0.25, 0.3) is 49.9 Å². The van der Waals surface area contributed by atoms with E-state index in [0.717, 1.165) is 34.2 Å². The quantitative estimate of drug-likeness (QED) is 0.149. The molecule has 0 amide bonds. The van der Waals surface area contributed by atoms with Crippen molar-refractivity contribution < 1.29 is 4.74 Å². The molecule has 9 aromatic rings. The second-order valence-corrected chi connectivity index (χ2v) is 24.3. The molecule has 2 aliphatic rings. The lowest BCUT2D eigenvalue weighted by atomic mass is 9.45.